The van der Waals surface area contributed by atoms with Gasteiger partial charge < -0.3 is 14.8 Å². The monoisotopic (exact) mass is 457 g/mol. The lowest BCUT2D eigenvalue weighted by molar-refractivity contribution is -0.309. The van der Waals surface area contributed by atoms with E-state index in [1.165, 1.54) is 6.92 Å². The molecule has 0 N–H and O–H groups in total. The van der Waals surface area contributed by atoms with Crippen molar-refractivity contribution in [2.45, 2.75) is 19.5 Å². The summed E-state index contributed by atoms with van der Waals surface area (Å²) in [5.41, 5.74) is 2.22. The second kappa shape index (κ2) is 7.86. The molecule has 2 aromatic rings. The number of halogens is 1. The third-order valence-corrected chi connectivity index (χ3v) is 6.73. The smallest absolute Gasteiger partial charge is 0.267 e. The van der Waals surface area contributed by atoms with Crippen LogP contribution in [-0.4, -0.2) is 33.0 Å². The van der Waals surface area contributed by atoms with E-state index in [0.717, 1.165) is 22.2 Å². The van der Waals surface area contributed by atoms with Gasteiger partial charge in [-0.15, -0.1) is 0 Å². The number of hydrogen-bond acceptors (Lipinski definition) is 6. The fourth-order valence-electron chi connectivity index (χ4n) is 3.42. The van der Waals surface area contributed by atoms with Gasteiger partial charge in [0, 0.05) is 10.6 Å². The van der Waals surface area contributed by atoms with Crippen LogP contribution in [0, 0.1) is 0 Å². The highest BCUT2D eigenvalue weighted by molar-refractivity contribution is 8.26. The normalized spacial score (nSPS) is 19.5. The van der Waals surface area contributed by atoms with Gasteiger partial charge in [0.15, 0.2) is 0 Å². The Labute approximate surface area is 187 Å². The highest BCUT2D eigenvalue weighted by atomic mass is 35.5. The Morgan fingerprint density at radius 3 is 2.50 bits per heavy atom. The number of carboxylic acid groups (broad SMARTS) is 1. The summed E-state index contributed by atoms with van der Waals surface area (Å²) >= 11 is 12.4. The van der Waals surface area contributed by atoms with Crippen molar-refractivity contribution < 1.29 is 19.5 Å². The summed E-state index contributed by atoms with van der Waals surface area (Å²) in [5.74, 6) is -2.40. The number of anilines is 1. The van der Waals surface area contributed by atoms with Crippen LogP contribution >= 0.6 is 35.6 Å². The summed E-state index contributed by atoms with van der Waals surface area (Å²) in [6.45, 7) is 1.55. The van der Waals surface area contributed by atoms with Crippen molar-refractivity contribution in [3.05, 3.63) is 69.6 Å². The van der Waals surface area contributed by atoms with Crippen molar-refractivity contribution >= 4 is 68.9 Å². The zero-order valence-corrected chi connectivity index (χ0v) is 18.0. The summed E-state index contributed by atoms with van der Waals surface area (Å²) < 4.78 is 0.0778. The molecule has 2 heterocycles. The summed E-state index contributed by atoms with van der Waals surface area (Å²) in [4.78, 5) is 40.3. The van der Waals surface area contributed by atoms with Crippen LogP contribution in [0.3, 0.4) is 0 Å². The fraction of sp³-hybridized carbons (Fsp3) is 0.143. The first-order valence-corrected chi connectivity index (χ1v) is 10.6. The number of carbonyl (C=O) groups excluding carboxylic acids is 3. The molecule has 0 spiro atoms. The molecule has 1 fully saturated rings. The number of thioether (sulfide) groups is 1. The van der Waals surface area contributed by atoms with Crippen molar-refractivity contribution in [2.75, 3.05) is 4.90 Å². The van der Waals surface area contributed by atoms with Crippen molar-refractivity contribution in [3.8, 4) is 0 Å². The first-order chi connectivity index (χ1) is 14.3. The third-order valence-electron chi connectivity index (χ3n) is 4.96. The zero-order chi connectivity index (χ0) is 21.6. The number of amides is 2. The molecule has 0 radical (unpaired) electrons. The van der Waals surface area contributed by atoms with Crippen LogP contribution in [0.5, 0.6) is 0 Å². The van der Waals surface area contributed by atoms with E-state index >= 15 is 0 Å². The number of fused-ring (bicyclic) bond motifs is 1. The van der Waals surface area contributed by atoms with Crippen molar-refractivity contribution in [2.24, 2.45) is 0 Å². The molecule has 0 aromatic heterocycles. The van der Waals surface area contributed by atoms with E-state index in [4.69, 9.17) is 23.8 Å². The molecule has 2 aliphatic heterocycles. The van der Waals surface area contributed by atoms with Gasteiger partial charge in [-0.2, -0.15) is 0 Å². The Balaban J connectivity index is 1.79. The average Bonchev–Trinajstić information content (AvgIpc) is 3.15. The Bertz CT molecular complexity index is 1150. The molecule has 30 heavy (non-hydrogen) atoms. The van der Waals surface area contributed by atoms with E-state index in [2.05, 4.69) is 0 Å². The van der Waals surface area contributed by atoms with Gasteiger partial charge in [0.2, 0.25) is 0 Å². The van der Waals surface area contributed by atoms with Crippen LogP contribution in [0.25, 0.3) is 5.57 Å². The summed E-state index contributed by atoms with van der Waals surface area (Å²) in [6.07, 6.45) is 0. The predicted molar refractivity (Wildman–Crippen MR) is 118 cm³/mol. The van der Waals surface area contributed by atoms with Crippen molar-refractivity contribution in [3.63, 3.8) is 0 Å². The number of aliphatic carboxylic acids is 1. The maximum absolute atomic E-state index is 13.4. The molecular formula is C21H14ClN2O4S2-. The first kappa shape index (κ1) is 20.6. The summed E-state index contributed by atoms with van der Waals surface area (Å²) in [6, 6.07) is 13.1. The minimum absolute atomic E-state index is 0.0778. The van der Waals surface area contributed by atoms with Crippen LogP contribution < -0.4 is 10.0 Å². The number of thiocarbonyl (C=S) groups is 1. The van der Waals surface area contributed by atoms with E-state index in [0.29, 0.717) is 16.3 Å². The van der Waals surface area contributed by atoms with Gasteiger partial charge in [-0.3, -0.25) is 14.5 Å². The van der Waals surface area contributed by atoms with Crippen LogP contribution in [0.1, 0.15) is 18.1 Å². The van der Waals surface area contributed by atoms with Crippen LogP contribution in [0.4, 0.5) is 5.69 Å². The van der Waals surface area contributed by atoms with E-state index in [-0.39, 0.29) is 27.3 Å². The number of rotatable bonds is 4. The van der Waals surface area contributed by atoms with Gasteiger partial charge in [-0.05, 0) is 24.6 Å². The maximum Gasteiger partial charge on any atom is 0.267 e. The van der Waals surface area contributed by atoms with Gasteiger partial charge in [0.1, 0.15) is 4.32 Å². The molecule has 1 saturated heterocycles. The molecule has 0 saturated carbocycles. The van der Waals surface area contributed by atoms with Crippen molar-refractivity contribution in [1.82, 2.24) is 4.90 Å². The number of carbonyl (C=O) groups is 3. The van der Waals surface area contributed by atoms with Crippen molar-refractivity contribution in [1.29, 1.82) is 0 Å². The molecule has 2 amide bonds. The number of carboxylic acids is 1. The zero-order valence-electron chi connectivity index (χ0n) is 15.6. The minimum atomic E-state index is -1.42. The van der Waals surface area contributed by atoms with E-state index in [1.807, 2.05) is 12.1 Å². The van der Waals surface area contributed by atoms with Crippen LogP contribution in [-0.2, 0) is 20.9 Å². The third kappa shape index (κ3) is 3.30. The van der Waals surface area contributed by atoms with Gasteiger partial charge in [0.25, 0.3) is 11.8 Å². The number of hydrogen-bond donors (Lipinski definition) is 0. The number of para-hydroxylation sites is 1. The largest absolute Gasteiger partial charge is 0.548 e. The van der Waals surface area contributed by atoms with Crippen LogP contribution in [0.15, 0.2) is 53.4 Å². The molecule has 6 nitrogen and oxygen atoms in total. The molecule has 2 aromatic carbocycles. The summed E-state index contributed by atoms with van der Waals surface area (Å²) in [7, 11) is 0. The van der Waals surface area contributed by atoms with Gasteiger partial charge in [-0.25, -0.2) is 0 Å². The maximum atomic E-state index is 13.4. The fourth-order valence-corrected chi connectivity index (χ4v) is 5.11. The highest BCUT2D eigenvalue weighted by Crippen LogP contribution is 2.45. The average molecular weight is 458 g/mol. The highest BCUT2D eigenvalue weighted by Gasteiger charge is 2.43. The lowest BCUT2D eigenvalue weighted by atomic mass is 10.1. The molecule has 0 aliphatic carbocycles. The summed E-state index contributed by atoms with van der Waals surface area (Å²) in [5, 5.41) is 11.8. The lowest BCUT2D eigenvalue weighted by Gasteiger charge is -2.23. The topological polar surface area (TPSA) is 80.7 Å². The first-order valence-electron chi connectivity index (χ1n) is 8.96. The molecule has 2 aliphatic rings. The molecule has 152 valence electrons. The molecule has 0 bridgehead atoms. The Morgan fingerprint density at radius 1 is 1.13 bits per heavy atom. The molecule has 1 unspecified atom stereocenters. The SMILES string of the molecule is CC(C(=O)[O-])N1C(=O)C(=C2C(=O)N(Cc3ccccc3Cl)c3ccccc32)SC1=S. The van der Waals surface area contributed by atoms with E-state index < -0.39 is 17.9 Å². The Kier molecular flexibility index (Phi) is 5.40. The van der Waals surface area contributed by atoms with Crippen LogP contribution in [0.2, 0.25) is 5.02 Å². The minimum Gasteiger partial charge on any atom is -0.548 e. The Hall–Kier alpha value is -2.68. The molecular weight excluding hydrogens is 444 g/mol. The quantitative estimate of drug-likeness (QED) is 0.518. The molecule has 1 atom stereocenters. The molecule has 9 heteroatoms. The number of nitrogens with zero attached hydrogens (tertiary/aromatic N) is 2. The van der Waals surface area contributed by atoms with Gasteiger partial charge in [0.05, 0.1) is 34.7 Å². The second-order valence-corrected chi connectivity index (χ2v) is 8.79. The standard InChI is InChI=1S/C21H15ClN2O4S2/c1-11(20(27)28)24-19(26)17(30-21(24)29)16-13-7-3-5-9-15(13)23(18(16)25)10-12-6-2-4-8-14(12)22/h2-9,11H,10H2,1H3,(H,27,28)/p-1. The van der Waals surface area contributed by atoms with Gasteiger partial charge >= 0.3 is 0 Å². The Morgan fingerprint density at radius 2 is 1.80 bits per heavy atom. The second-order valence-electron chi connectivity index (χ2n) is 6.74. The van der Waals surface area contributed by atoms with Gasteiger partial charge in [-0.1, -0.05) is 72.0 Å². The lowest BCUT2D eigenvalue weighted by Crippen LogP contribution is -2.48. The number of benzene rings is 2. The van der Waals surface area contributed by atoms with E-state index in [1.54, 1.807) is 41.3 Å². The molecule has 4 rings (SSSR count). The van der Waals surface area contributed by atoms with E-state index in [9.17, 15) is 19.5 Å². The predicted octanol–water partition coefficient (Wildman–Crippen LogP) is 2.60.